The molecule has 92 valence electrons. The van der Waals surface area contributed by atoms with Crippen LogP contribution in [0.5, 0.6) is 0 Å². The summed E-state index contributed by atoms with van der Waals surface area (Å²) in [5.74, 6) is -0.153. The summed E-state index contributed by atoms with van der Waals surface area (Å²) < 4.78 is 0. The van der Waals surface area contributed by atoms with Crippen molar-refractivity contribution in [2.24, 2.45) is 17.6 Å². The Morgan fingerprint density at radius 3 is 2.56 bits per heavy atom. The number of alkyl halides is 1. The van der Waals surface area contributed by atoms with Gasteiger partial charge in [0.15, 0.2) is 0 Å². The Balaban J connectivity index is 2.60. The second-order valence-corrected chi connectivity index (χ2v) is 5.66. The van der Waals surface area contributed by atoms with Crippen LogP contribution in [0.1, 0.15) is 26.7 Å². The van der Waals surface area contributed by atoms with Gasteiger partial charge in [-0.2, -0.15) is 0 Å². The maximum atomic E-state index is 12.0. The highest BCUT2D eigenvalue weighted by Gasteiger charge is 2.30. The molecule has 4 nitrogen and oxygen atoms in total. The third-order valence-corrected chi connectivity index (χ3v) is 4.41. The number of primary amides is 1. The molecule has 16 heavy (non-hydrogen) atoms. The van der Waals surface area contributed by atoms with E-state index < -0.39 is 0 Å². The number of carbonyl (C=O) groups excluding carboxylic acids is 2. The molecule has 1 aliphatic heterocycles. The van der Waals surface area contributed by atoms with Gasteiger partial charge in [0.25, 0.3) is 0 Å². The molecule has 0 unspecified atom stereocenters. The number of halogens is 1. The number of carbonyl (C=O) groups is 2. The Bertz CT molecular complexity index is 281. The van der Waals surface area contributed by atoms with Crippen LogP contribution in [0.2, 0.25) is 0 Å². The Kier molecular flexibility index (Phi) is 4.77. The third kappa shape index (κ3) is 3.20. The van der Waals surface area contributed by atoms with Crippen molar-refractivity contribution >= 4 is 27.7 Å². The highest BCUT2D eigenvalue weighted by molar-refractivity contribution is 9.10. The number of rotatable bonds is 3. The molecule has 0 aromatic heterocycles. The first-order valence-electron chi connectivity index (χ1n) is 5.65. The van der Waals surface area contributed by atoms with E-state index in [1.807, 2.05) is 13.8 Å². The Labute approximate surface area is 105 Å². The molecule has 1 fully saturated rings. The van der Waals surface area contributed by atoms with Gasteiger partial charge in [0.2, 0.25) is 11.8 Å². The minimum absolute atomic E-state index is 0.0703. The molecule has 2 N–H and O–H groups in total. The normalized spacial score (nSPS) is 23.2. The number of piperidine rings is 1. The second kappa shape index (κ2) is 5.66. The van der Waals surface area contributed by atoms with E-state index >= 15 is 0 Å². The van der Waals surface area contributed by atoms with E-state index in [1.165, 1.54) is 0 Å². The molecule has 1 heterocycles. The fraction of sp³-hybridized carbons (Fsp3) is 0.818. The van der Waals surface area contributed by atoms with E-state index in [9.17, 15) is 9.59 Å². The average Bonchev–Trinajstić information content (AvgIpc) is 2.27. The van der Waals surface area contributed by atoms with Gasteiger partial charge in [-0.1, -0.05) is 29.8 Å². The van der Waals surface area contributed by atoms with E-state index in [4.69, 9.17) is 5.73 Å². The van der Waals surface area contributed by atoms with Crippen LogP contribution in [0, 0.1) is 11.8 Å². The lowest BCUT2D eigenvalue weighted by molar-refractivity contribution is -0.134. The van der Waals surface area contributed by atoms with Crippen LogP contribution in [-0.4, -0.2) is 34.6 Å². The van der Waals surface area contributed by atoms with Gasteiger partial charge in [0, 0.05) is 13.1 Å². The smallest absolute Gasteiger partial charge is 0.236 e. The van der Waals surface area contributed by atoms with Gasteiger partial charge in [-0.25, -0.2) is 0 Å². The number of nitrogens with two attached hydrogens (primary N) is 1. The number of hydrogen-bond acceptors (Lipinski definition) is 2. The van der Waals surface area contributed by atoms with Gasteiger partial charge in [0.1, 0.15) is 0 Å². The second-order valence-electron chi connectivity index (χ2n) is 4.67. The molecule has 1 rings (SSSR count). The van der Waals surface area contributed by atoms with Crippen molar-refractivity contribution in [3.8, 4) is 0 Å². The van der Waals surface area contributed by atoms with Crippen molar-refractivity contribution in [3.05, 3.63) is 0 Å². The lowest BCUT2D eigenvalue weighted by Gasteiger charge is -2.33. The SMILES string of the molecule is CC(C)[C@@H](Br)C(=O)N1CCC[C@@H](C(N)=O)C1. The monoisotopic (exact) mass is 290 g/mol. The molecular weight excluding hydrogens is 272 g/mol. The fourth-order valence-corrected chi connectivity index (χ4v) is 2.16. The molecule has 0 radical (unpaired) electrons. The van der Waals surface area contributed by atoms with Crippen molar-refractivity contribution < 1.29 is 9.59 Å². The summed E-state index contributed by atoms with van der Waals surface area (Å²) in [7, 11) is 0. The van der Waals surface area contributed by atoms with Crippen LogP contribution in [0.4, 0.5) is 0 Å². The topological polar surface area (TPSA) is 63.4 Å². The van der Waals surface area contributed by atoms with Crippen LogP contribution in [0.3, 0.4) is 0 Å². The highest BCUT2D eigenvalue weighted by Crippen LogP contribution is 2.21. The van der Waals surface area contributed by atoms with Crippen LogP contribution in [0.25, 0.3) is 0 Å². The quantitative estimate of drug-likeness (QED) is 0.792. The lowest BCUT2D eigenvalue weighted by atomic mass is 9.96. The Hall–Kier alpha value is -0.580. The maximum absolute atomic E-state index is 12.0. The largest absolute Gasteiger partial charge is 0.369 e. The zero-order valence-corrected chi connectivity index (χ0v) is 11.4. The number of likely N-dealkylation sites (tertiary alicyclic amines) is 1. The zero-order valence-electron chi connectivity index (χ0n) is 9.78. The Morgan fingerprint density at radius 2 is 2.06 bits per heavy atom. The maximum Gasteiger partial charge on any atom is 0.236 e. The van der Waals surface area contributed by atoms with E-state index in [0.29, 0.717) is 6.54 Å². The first-order valence-corrected chi connectivity index (χ1v) is 6.57. The van der Waals surface area contributed by atoms with Gasteiger partial charge in [-0.05, 0) is 18.8 Å². The molecule has 2 atom stereocenters. The molecular formula is C11H19BrN2O2. The van der Waals surface area contributed by atoms with Gasteiger partial charge in [0.05, 0.1) is 10.7 Å². The summed E-state index contributed by atoms with van der Waals surface area (Å²) in [4.78, 5) is 24.7. The standard InChI is InChI=1S/C11H19BrN2O2/c1-7(2)9(12)11(16)14-5-3-4-8(6-14)10(13)15/h7-9H,3-6H2,1-2H3,(H2,13,15)/t8-,9-/m1/s1. The molecule has 2 amide bonds. The van der Waals surface area contributed by atoms with Crippen molar-refractivity contribution in [2.45, 2.75) is 31.5 Å². The third-order valence-electron chi connectivity index (χ3n) is 2.96. The predicted molar refractivity (Wildman–Crippen MR) is 66.1 cm³/mol. The van der Waals surface area contributed by atoms with E-state index in [1.54, 1.807) is 4.90 Å². The van der Waals surface area contributed by atoms with Crippen molar-refractivity contribution in [1.82, 2.24) is 4.90 Å². The molecule has 0 aliphatic carbocycles. The van der Waals surface area contributed by atoms with Gasteiger partial charge in [-0.15, -0.1) is 0 Å². The summed E-state index contributed by atoms with van der Waals surface area (Å²) in [6.07, 6.45) is 1.66. The molecule has 0 aromatic carbocycles. The summed E-state index contributed by atoms with van der Waals surface area (Å²) in [5.41, 5.74) is 5.28. The van der Waals surface area contributed by atoms with Crippen LogP contribution >= 0.6 is 15.9 Å². The van der Waals surface area contributed by atoms with Gasteiger partial charge < -0.3 is 10.6 Å². The first kappa shape index (κ1) is 13.5. The minimum Gasteiger partial charge on any atom is -0.369 e. The zero-order chi connectivity index (χ0) is 12.3. The number of hydrogen-bond donors (Lipinski definition) is 1. The summed E-state index contributed by atoms with van der Waals surface area (Å²) in [5, 5.41) is 0. The average molecular weight is 291 g/mol. The minimum atomic E-state index is -0.298. The van der Waals surface area contributed by atoms with E-state index in [0.717, 1.165) is 19.4 Å². The highest BCUT2D eigenvalue weighted by atomic mass is 79.9. The molecule has 0 spiro atoms. The molecule has 1 aliphatic rings. The molecule has 1 saturated heterocycles. The van der Waals surface area contributed by atoms with Crippen LogP contribution < -0.4 is 5.73 Å². The number of amides is 2. The van der Waals surface area contributed by atoms with E-state index in [2.05, 4.69) is 15.9 Å². The molecule has 0 bridgehead atoms. The van der Waals surface area contributed by atoms with Crippen LogP contribution in [0.15, 0.2) is 0 Å². The Morgan fingerprint density at radius 1 is 1.44 bits per heavy atom. The summed E-state index contributed by atoms with van der Waals surface area (Å²) in [6.45, 7) is 5.19. The molecule has 0 aromatic rings. The van der Waals surface area contributed by atoms with Crippen LogP contribution in [-0.2, 0) is 9.59 Å². The predicted octanol–water partition coefficient (Wildman–Crippen LogP) is 1.13. The lowest BCUT2D eigenvalue weighted by Crippen LogP contribution is -2.47. The van der Waals surface area contributed by atoms with Gasteiger partial charge in [-0.3, -0.25) is 9.59 Å². The van der Waals surface area contributed by atoms with E-state index in [-0.39, 0.29) is 28.5 Å². The first-order chi connectivity index (χ1) is 7.43. The number of nitrogens with zero attached hydrogens (tertiary/aromatic N) is 1. The van der Waals surface area contributed by atoms with Gasteiger partial charge >= 0.3 is 0 Å². The van der Waals surface area contributed by atoms with Crippen molar-refractivity contribution in [2.75, 3.05) is 13.1 Å². The summed E-state index contributed by atoms with van der Waals surface area (Å²) in [6, 6.07) is 0. The molecule has 0 saturated carbocycles. The van der Waals surface area contributed by atoms with Crippen molar-refractivity contribution in [1.29, 1.82) is 0 Å². The van der Waals surface area contributed by atoms with Crippen molar-refractivity contribution in [3.63, 3.8) is 0 Å². The fourth-order valence-electron chi connectivity index (χ4n) is 1.87. The molecule has 5 heteroatoms. The summed E-state index contributed by atoms with van der Waals surface area (Å²) >= 11 is 3.39.